The van der Waals surface area contributed by atoms with Crippen molar-refractivity contribution in [1.82, 2.24) is 19.9 Å². The molecule has 38 heavy (non-hydrogen) atoms. The molecule has 0 fully saturated rings. The molecule has 8 bridgehead atoms. The minimum Gasteiger partial charge on any atom is -0.380 e. The maximum absolute atomic E-state index is 11.8. The van der Waals surface area contributed by atoms with Gasteiger partial charge in [0, 0.05) is 22.1 Å². The van der Waals surface area contributed by atoms with Gasteiger partial charge >= 0.3 is 0 Å². The zero-order valence-electron chi connectivity index (χ0n) is 23.9. The molecule has 0 spiro atoms. The van der Waals surface area contributed by atoms with E-state index in [0.717, 1.165) is 63.8 Å². The van der Waals surface area contributed by atoms with Crippen molar-refractivity contribution in [3.05, 3.63) is 69.3 Å². The smallest absolute Gasteiger partial charge is 0.140 e. The molecule has 2 aliphatic heterocycles. The lowest BCUT2D eigenvalue weighted by molar-refractivity contribution is -0.148. The number of rotatable bonds is 4. The second kappa shape index (κ2) is 9.21. The molecule has 2 atom stereocenters. The van der Waals surface area contributed by atoms with E-state index in [1.807, 2.05) is 19.1 Å². The number of nitrogens with one attached hydrogen (secondary N) is 2. The fraction of sp³-hybridized carbons (Fsp3) is 0.438. The molecule has 200 valence electrons. The number of allylic oxidation sites excluding steroid dienone is 2. The van der Waals surface area contributed by atoms with Gasteiger partial charge in [-0.3, -0.25) is 4.98 Å². The van der Waals surface area contributed by atoms with Gasteiger partial charge in [0.25, 0.3) is 0 Å². The molecule has 0 amide bonds. The molecule has 2 aliphatic rings. The van der Waals surface area contributed by atoms with Gasteiger partial charge in [0.1, 0.15) is 11.2 Å². The van der Waals surface area contributed by atoms with Gasteiger partial charge in [0.05, 0.1) is 22.8 Å². The Bertz CT molecular complexity index is 1640. The Kier molecular flexibility index (Phi) is 6.40. The fourth-order valence-electron chi connectivity index (χ4n) is 6.33. The average Bonchev–Trinajstić information content (AvgIpc) is 3.51. The first-order valence-electron chi connectivity index (χ1n) is 13.9. The van der Waals surface area contributed by atoms with Crippen LogP contribution in [0.15, 0.2) is 24.3 Å². The maximum Gasteiger partial charge on any atom is 0.140 e. The van der Waals surface area contributed by atoms with Crippen molar-refractivity contribution in [2.75, 3.05) is 0 Å². The highest BCUT2D eigenvalue weighted by molar-refractivity contribution is 5.93. The van der Waals surface area contributed by atoms with E-state index in [4.69, 9.17) is 9.97 Å². The van der Waals surface area contributed by atoms with Crippen LogP contribution in [0.3, 0.4) is 0 Å². The first kappa shape index (κ1) is 26.4. The number of aromatic nitrogens is 4. The zero-order valence-corrected chi connectivity index (χ0v) is 23.9. The Morgan fingerprint density at radius 3 is 1.76 bits per heavy atom. The molecule has 0 aromatic carbocycles. The van der Waals surface area contributed by atoms with Crippen LogP contribution in [-0.2, 0) is 24.0 Å². The van der Waals surface area contributed by atoms with Crippen molar-refractivity contribution in [1.29, 1.82) is 0 Å². The van der Waals surface area contributed by atoms with Gasteiger partial charge in [-0.1, -0.05) is 27.7 Å². The normalized spacial score (nSPS) is 21.4. The van der Waals surface area contributed by atoms with Gasteiger partial charge < -0.3 is 20.2 Å². The van der Waals surface area contributed by atoms with E-state index in [0.29, 0.717) is 17.8 Å². The van der Waals surface area contributed by atoms with E-state index >= 15 is 0 Å². The van der Waals surface area contributed by atoms with Crippen LogP contribution in [0, 0.1) is 13.8 Å². The van der Waals surface area contributed by atoms with Crippen molar-refractivity contribution >= 4 is 33.2 Å². The van der Waals surface area contributed by atoms with Crippen molar-refractivity contribution in [2.24, 2.45) is 0 Å². The summed E-state index contributed by atoms with van der Waals surface area (Å²) in [6, 6.07) is 8.11. The molecular formula is C32H40N4O2. The molecule has 0 radical (unpaired) electrons. The second-order valence-electron chi connectivity index (χ2n) is 10.9. The predicted octanol–water partition coefficient (Wildman–Crippen LogP) is 6.90. The van der Waals surface area contributed by atoms with Crippen molar-refractivity contribution in [3.63, 3.8) is 0 Å². The highest BCUT2D eigenvalue weighted by Crippen LogP contribution is 2.46. The number of fused-ring (bicyclic) bond motifs is 8. The van der Waals surface area contributed by atoms with E-state index in [-0.39, 0.29) is 0 Å². The molecule has 4 N–H and O–H groups in total. The van der Waals surface area contributed by atoms with Gasteiger partial charge in [0.15, 0.2) is 0 Å². The largest absolute Gasteiger partial charge is 0.380 e. The summed E-state index contributed by atoms with van der Waals surface area (Å²) in [6.45, 7) is 16.4. The van der Waals surface area contributed by atoms with Gasteiger partial charge in [-0.2, -0.15) is 0 Å². The lowest BCUT2D eigenvalue weighted by Crippen LogP contribution is -2.43. The van der Waals surface area contributed by atoms with Gasteiger partial charge in [0.2, 0.25) is 0 Å². The standard InChI is InChI=1S/C32H40N4O2/c1-9-20-17(5)23-13-27-21(10-2)19(7)25(35-27)15-30-32(38,12-4)31(8,37)29(36-30)16-28-22(11-3)18(6)24(34-28)14-26(20)33-23/h13-16,34-35,37-38H,9-12H2,1-8H3. The highest BCUT2D eigenvalue weighted by Gasteiger charge is 2.53. The van der Waals surface area contributed by atoms with Gasteiger partial charge in [-0.25, -0.2) is 4.98 Å². The lowest BCUT2D eigenvalue weighted by Gasteiger charge is -2.34. The van der Waals surface area contributed by atoms with Crippen molar-refractivity contribution in [3.8, 4) is 0 Å². The summed E-state index contributed by atoms with van der Waals surface area (Å²) < 4.78 is 0. The Labute approximate surface area is 224 Å². The fourth-order valence-corrected chi connectivity index (χ4v) is 6.33. The Morgan fingerprint density at radius 1 is 0.684 bits per heavy atom. The quantitative estimate of drug-likeness (QED) is 0.305. The third-order valence-electron chi connectivity index (χ3n) is 8.95. The third kappa shape index (κ3) is 3.69. The van der Waals surface area contributed by atoms with Crippen LogP contribution in [0.4, 0.5) is 0 Å². The highest BCUT2D eigenvalue weighted by atomic mass is 16.4. The summed E-state index contributed by atoms with van der Waals surface area (Å²) in [4.78, 5) is 17.1. The number of hydrogen-bond acceptors (Lipinski definition) is 4. The molecule has 0 aliphatic carbocycles. The first-order chi connectivity index (χ1) is 18.0. The van der Waals surface area contributed by atoms with Crippen LogP contribution in [0.2, 0.25) is 0 Å². The summed E-state index contributed by atoms with van der Waals surface area (Å²) in [6.07, 6.45) is 2.91. The average molecular weight is 513 g/mol. The molecule has 0 saturated carbocycles. The monoisotopic (exact) mass is 512 g/mol. The SMILES string of the molecule is CCC1=C(C)c2cc3[nH]c(cc4nc(cc5[nH]c(cc1n2)c(C)c5CC)C(C)(O)C4(O)CC)c(C)c3CC. The number of aryl methyl sites for hydroxylation is 4. The number of H-pyrrole nitrogens is 2. The molecule has 6 heteroatoms. The molecule has 0 saturated heterocycles. The van der Waals surface area contributed by atoms with Crippen LogP contribution in [0.25, 0.3) is 33.2 Å². The zero-order chi connectivity index (χ0) is 27.6. The molecule has 6 nitrogen and oxygen atoms in total. The van der Waals surface area contributed by atoms with Gasteiger partial charge in [-0.05, 0) is 111 Å². The van der Waals surface area contributed by atoms with E-state index in [1.54, 1.807) is 6.92 Å². The van der Waals surface area contributed by atoms with E-state index in [1.165, 1.54) is 22.3 Å². The molecule has 5 heterocycles. The topological polar surface area (TPSA) is 97.8 Å². The maximum atomic E-state index is 11.8. The van der Waals surface area contributed by atoms with E-state index in [2.05, 4.69) is 63.6 Å². The van der Waals surface area contributed by atoms with Gasteiger partial charge in [-0.15, -0.1) is 0 Å². The Hall–Kier alpha value is -3.22. The summed E-state index contributed by atoms with van der Waals surface area (Å²) in [5.74, 6) is 0. The summed E-state index contributed by atoms with van der Waals surface area (Å²) in [5, 5.41) is 23.5. The van der Waals surface area contributed by atoms with E-state index < -0.39 is 11.2 Å². The summed E-state index contributed by atoms with van der Waals surface area (Å²) in [5.41, 5.74) is 10.7. The summed E-state index contributed by atoms with van der Waals surface area (Å²) >= 11 is 0. The van der Waals surface area contributed by atoms with Crippen LogP contribution in [0.5, 0.6) is 0 Å². The third-order valence-corrected chi connectivity index (χ3v) is 8.95. The van der Waals surface area contributed by atoms with Crippen LogP contribution < -0.4 is 0 Å². The van der Waals surface area contributed by atoms with Crippen LogP contribution in [-0.4, -0.2) is 30.1 Å². The number of hydrogen-bond donors (Lipinski definition) is 4. The number of aliphatic hydroxyl groups is 2. The molecular weight excluding hydrogens is 472 g/mol. The molecule has 2 unspecified atom stereocenters. The van der Waals surface area contributed by atoms with Crippen molar-refractivity contribution < 1.29 is 10.2 Å². The number of nitrogens with zero attached hydrogens (tertiary/aromatic N) is 2. The minimum absolute atomic E-state index is 0.328. The van der Waals surface area contributed by atoms with E-state index in [9.17, 15) is 10.2 Å². The molecule has 5 rings (SSSR count). The predicted molar refractivity (Wildman–Crippen MR) is 156 cm³/mol. The minimum atomic E-state index is -1.55. The van der Waals surface area contributed by atoms with Crippen LogP contribution in [0.1, 0.15) is 99.4 Å². The Morgan fingerprint density at radius 2 is 1.21 bits per heavy atom. The first-order valence-corrected chi connectivity index (χ1v) is 13.9. The second-order valence-corrected chi connectivity index (χ2v) is 10.9. The molecule has 3 aromatic heterocycles. The number of aromatic amines is 2. The Balaban J connectivity index is 2.02. The molecule has 3 aromatic rings. The van der Waals surface area contributed by atoms with Crippen LogP contribution >= 0.6 is 0 Å². The summed E-state index contributed by atoms with van der Waals surface area (Å²) in [7, 11) is 0. The van der Waals surface area contributed by atoms with Crippen molar-refractivity contribution in [2.45, 2.75) is 92.3 Å². The lowest BCUT2D eigenvalue weighted by atomic mass is 9.80.